The van der Waals surface area contributed by atoms with Crippen molar-refractivity contribution in [1.82, 2.24) is 4.98 Å². The first kappa shape index (κ1) is 14.7. The van der Waals surface area contributed by atoms with E-state index in [1.165, 1.54) is 16.9 Å². The van der Waals surface area contributed by atoms with Crippen LogP contribution in [0.3, 0.4) is 0 Å². The third kappa shape index (κ3) is 3.25. The number of carbonyl (C=O) groups excluding carboxylic acids is 1. The summed E-state index contributed by atoms with van der Waals surface area (Å²) in [6.45, 7) is 6.12. The van der Waals surface area contributed by atoms with Crippen LogP contribution in [0, 0.1) is 0 Å². The molecule has 3 nitrogen and oxygen atoms in total. The fourth-order valence-corrected chi connectivity index (χ4v) is 3.01. The Bertz CT molecular complexity index is 604. The molecule has 0 N–H and O–H groups in total. The topological polar surface area (TPSA) is 39.2 Å². The molecule has 1 heterocycles. The number of hydrogen-bond donors (Lipinski definition) is 0. The van der Waals surface area contributed by atoms with E-state index in [4.69, 9.17) is 4.74 Å². The second-order valence-electron chi connectivity index (χ2n) is 4.54. The Morgan fingerprint density at radius 2 is 2.00 bits per heavy atom. The van der Waals surface area contributed by atoms with Crippen molar-refractivity contribution in [3.8, 4) is 5.75 Å². The summed E-state index contributed by atoms with van der Waals surface area (Å²) in [6, 6.07) is 8.02. The van der Waals surface area contributed by atoms with E-state index in [-0.39, 0.29) is 5.78 Å². The number of rotatable bonds is 6. The zero-order valence-corrected chi connectivity index (χ0v) is 12.9. The fourth-order valence-electron chi connectivity index (χ4n) is 2.05. The van der Waals surface area contributed by atoms with Gasteiger partial charge in [0.25, 0.3) is 0 Å². The van der Waals surface area contributed by atoms with Gasteiger partial charge in [-0.25, -0.2) is 4.98 Å². The molecule has 0 atom stereocenters. The first-order chi connectivity index (χ1) is 9.65. The molecule has 0 bridgehead atoms. The van der Waals surface area contributed by atoms with Crippen molar-refractivity contribution in [2.75, 3.05) is 0 Å². The summed E-state index contributed by atoms with van der Waals surface area (Å²) < 4.78 is 5.84. The highest BCUT2D eigenvalue weighted by atomic mass is 32.1. The molecule has 106 valence electrons. The minimum Gasteiger partial charge on any atom is -0.486 e. The zero-order valence-electron chi connectivity index (χ0n) is 12.1. The summed E-state index contributed by atoms with van der Waals surface area (Å²) in [5, 5.41) is 0.859. The van der Waals surface area contributed by atoms with Gasteiger partial charge in [0, 0.05) is 6.92 Å². The molecule has 0 fully saturated rings. The number of aryl methyl sites for hydroxylation is 2. The molecular weight excluding hydrogens is 270 g/mol. The van der Waals surface area contributed by atoms with Crippen LogP contribution in [0.5, 0.6) is 5.75 Å². The molecule has 0 amide bonds. The van der Waals surface area contributed by atoms with Gasteiger partial charge in [0.1, 0.15) is 17.4 Å². The first-order valence-corrected chi connectivity index (χ1v) is 7.67. The number of thiazole rings is 1. The van der Waals surface area contributed by atoms with E-state index in [1.54, 1.807) is 6.92 Å². The van der Waals surface area contributed by atoms with Crippen molar-refractivity contribution < 1.29 is 9.53 Å². The maximum absolute atomic E-state index is 11.5. The molecule has 0 aliphatic rings. The minimum absolute atomic E-state index is 0.0829. The van der Waals surface area contributed by atoms with Crippen molar-refractivity contribution in [3.63, 3.8) is 0 Å². The van der Waals surface area contributed by atoms with Crippen LogP contribution < -0.4 is 4.74 Å². The highest BCUT2D eigenvalue weighted by Gasteiger charge is 2.14. The first-order valence-electron chi connectivity index (χ1n) is 6.85. The Labute approximate surface area is 123 Å². The van der Waals surface area contributed by atoms with Crippen molar-refractivity contribution in [1.29, 1.82) is 0 Å². The summed E-state index contributed by atoms with van der Waals surface area (Å²) in [6.07, 6.45) is 1.71. The molecule has 0 aliphatic carbocycles. The number of carbonyl (C=O) groups is 1. The van der Waals surface area contributed by atoms with Gasteiger partial charge >= 0.3 is 0 Å². The van der Waals surface area contributed by atoms with E-state index in [2.05, 4.69) is 18.0 Å². The standard InChI is InChI=1S/C16H19NO2S/c1-4-12-8-6-7-9-14(12)19-10-15-17-13(5-2)16(20-15)11(3)18/h6-9H,4-5,10H2,1-3H3. The van der Waals surface area contributed by atoms with Gasteiger partial charge in [0.2, 0.25) is 0 Å². The normalized spacial score (nSPS) is 10.6. The Morgan fingerprint density at radius 1 is 1.25 bits per heavy atom. The minimum atomic E-state index is 0.0829. The number of nitrogens with zero attached hydrogens (tertiary/aromatic N) is 1. The van der Waals surface area contributed by atoms with Crippen molar-refractivity contribution >= 4 is 17.1 Å². The van der Waals surface area contributed by atoms with Gasteiger partial charge in [0.05, 0.1) is 10.6 Å². The molecule has 20 heavy (non-hydrogen) atoms. The number of ketones is 1. The van der Waals surface area contributed by atoms with Crippen LogP contribution in [0.1, 0.15) is 46.7 Å². The average molecular weight is 289 g/mol. The lowest BCUT2D eigenvalue weighted by atomic mass is 10.1. The van der Waals surface area contributed by atoms with E-state index in [0.29, 0.717) is 6.61 Å². The summed E-state index contributed by atoms with van der Waals surface area (Å²) in [7, 11) is 0. The summed E-state index contributed by atoms with van der Waals surface area (Å²) in [5.41, 5.74) is 2.07. The van der Waals surface area contributed by atoms with Gasteiger partial charge in [-0.1, -0.05) is 32.0 Å². The Kier molecular flexibility index (Phi) is 4.90. The fraction of sp³-hybridized carbons (Fsp3) is 0.375. The monoisotopic (exact) mass is 289 g/mol. The molecule has 0 spiro atoms. The van der Waals surface area contributed by atoms with Crippen LogP contribution in [0.2, 0.25) is 0 Å². The van der Waals surface area contributed by atoms with Gasteiger partial charge in [-0.15, -0.1) is 11.3 Å². The predicted octanol–water partition coefficient (Wildman–Crippen LogP) is 4.05. The van der Waals surface area contributed by atoms with Gasteiger partial charge < -0.3 is 4.74 Å². The predicted molar refractivity (Wildman–Crippen MR) is 81.6 cm³/mol. The Balaban J connectivity index is 2.13. The van der Waals surface area contributed by atoms with Crippen LogP contribution in [-0.4, -0.2) is 10.8 Å². The molecule has 1 aromatic carbocycles. The summed E-state index contributed by atoms with van der Waals surface area (Å²) in [4.78, 5) is 16.8. The van der Waals surface area contributed by atoms with Crippen molar-refractivity contribution in [3.05, 3.63) is 45.4 Å². The van der Waals surface area contributed by atoms with Crippen molar-refractivity contribution in [2.45, 2.75) is 40.2 Å². The lowest BCUT2D eigenvalue weighted by Crippen LogP contribution is -1.98. The molecule has 4 heteroatoms. The van der Waals surface area contributed by atoms with Crippen LogP contribution in [0.4, 0.5) is 0 Å². The molecule has 0 saturated carbocycles. The molecule has 2 aromatic rings. The lowest BCUT2D eigenvalue weighted by Gasteiger charge is -2.08. The van der Waals surface area contributed by atoms with Crippen molar-refractivity contribution in [2.24, 2.45) is 0 Å². The van der Waals surface area contributed by atoms with Crippen LogP contribution in [-0.2, 0) is 19.4 Å². The molecular formula is C16H19NO2S. The number of benzene rings is 1. The van der Waals surface area contributed by atoms with Gasteiger partial charge in [-0.2, -0.15) is 0 Å². The maximum atomic E-state index is 11.5. The lowest BCUT2D eigenvalue weighted by molar-refractivity contribution is 0.102. The molecule has 0 radical (unpaired) electrons. The summed E-state index contributed by atoms with van der Waals surface area (Å²) in [5.74, 6) is 0.979. The quantitative estimate of drug-likeness (QED) is 0.753. The second-order valence-corrected chi connectivity index (χ2v) is 5.63. The van der Waals surface area contributed by atoms with E-state index in [0.717, 1.165) is 34.2 Å². The number of aromatic nitrogens is 1. The van der Waals surface area contributed by atoms with E-state index in [1.807, 2.05) is 25.1 Å². The third-order valence-corrected chi connectivity index (χ3v) is 4.27. The maximum Gasteiger partial charge on any atom is 0.171 e. The largest absolute Gasteiger partial charge is 0.486 e. The highest BCUT2D eigenvalue weighted by Crippen LogP contribution is 2.23. The van der Waals surface area contributed by atoms with E-state index < -0.39 is 0 Å². The highest BCUT2D eigenvalue weighted by molar-refractivity contribution is 7.13. The molecule has 0 aliphatic heterocycles. The molecule has 2 rings (SSSR count). The third-order valence-electron chi connectivity index (χ3n) is 3.10. The van der Waals surface area contributed by atoms with Gasteiger partial charge in [-0.05, 0) is 24.5 Å². The van der Waals surface area contributed by atoms with Crippen LogP contribution >= 0.6 is 11.3 Å². The summed E-state index contributed by atoms with van der Waals surface area (Å²) >= 11 is 1.44. The zero-order chi connectivity index (χ0) is 14.5. The number of ether oxygens (including phenoxy) is 1. The van der Waals surface area contributed by atoms with E-state index in [9.17, 15) is 4.79 Å². The Hall–Kier alpha value is -1.68. The molecule has 0 unspecified atom stereocenters. The van der Waals surface area contributed by atoms with Crippen LogP contribution in [0.15, 0.2) is 24.3 Å². The smallest absolute Gasteiger partial charge is 0.171 e. The number of Topliss-reactive ketones (excluding diaryl/α,β-unsaturated/α-hetero) is 1. The van der Waals surface area contributed by atoms with Crippen LogP contribution in [0.25, 0.3) is 0 Å². The molecule has 0 saturated heterocycles. The SMILES string of the molecule is CCc1ccccc1OCc1nc(CC)c(C(C)=O)s1. The molecule has 1 aromatic heterocycles. The number of hydrogen-bond acceptors (Lipinski definition) is 4. The second kappa shape index (κ2) is 6.66. The average Bonchev–Trinajstić information content (AvgIpc) is 2.89. The van der Waals surface area contributed by atoms with Gasteiger partial charge in [-0.3, -0.25) is 4.79 Å². The van der Waals surface area contributed by atoms with Gasteiger partial charge in [0.15, 0.2) is 5.78 Å². The number of para-hydroxylation sites is 1. The van der Waals surface area contributed by atoms with E-state index >= 15 is 0 Å². The Morgan fingerprint density at radius 3 is 2.60 bits per heavy atom.